The molecule has 0 spiro atoms. The Bertz CT molecular complexity index is 638. The highest BCUT2D eigenvalue weighted by molar-refractivity contribution is 14.1. The van der Waals surface area contributed by atoms with Crippen molar-refractivity contribution >= 4 is 40.4 Å². The molecular weight excluding hydrogens is 392 g/mol. The van der Waals surface area contributed by atoms with Gasteiger partial charge in [0.15, 0.2) is 0 Å². The molecule has 0 radical (unpaired) electrons. The van der Waals surface area contributed by atoms with Gasteiger partial charge in [-0.25, -0.2) is 4.39 Å². The minimum absolute atomic E-state index is 0.101. The van der Waals surface area contributed by atoms with Gasteiger partial charge in [-0.15, -0.1) is 0 Å². The summed E-state index contributed by atoms with van der Waals surface area (Å²) >= 11 is 2.20. The molecule has 0 bridgehead atoms. The fourth-order valence-electron chi connectivity index (χ4n) is 1.96. The number of anilines is 1. The molecule has 0 fully saturated rings. The lowest BCUT2D eigenvalue weighted by molar-refractivity contribution is 0.271. The second-order valence-corrected chi connectivity index (χ2v) is 6.21. The summed E-state index contributed by atoms with van der Waals surface area (Å²) in [5, 5.41) is 0. The molecule has 0 aliphatic carbocycles. The second-order valence-electron chi connectivity index (χ2n) is 5.05. The van der Waals surface area contributed by atoms with E-state index in [-0.39, 0.29) is 6.61 Å². The molecule has 2 nitrogen and oxygen atoms in total. The molecule has 2 aromatic carbocycles. The number of hydrogen-bond donors (Lipinski definition) is 0. The van der Waals surface area contributed by atoms with Crippen LogP contribution in [0.4, 0.5) is 10.1 Å². The maximum absolute atomic E-state index is 12.1. The largest absolute Gasteiger partial charge is 0.490 e. The summed E-state index contributed by atoms with van der Waals surface area (Å²) in [4.78, 5) is 2.08. The topological polar surface area (TPSA) is 12.5 Å². The van der Waals surface area contributed by atoms with Crippen molar-refractivity contribution in [3.8, 4) is 5.75 Å². The van der Waals surface area contributed by atoms with Crippen LogP contribution in [0, 0.1) is 3.57 Å². The average Bonchev–Trinajstić information content (AvgIpc) is 2.52. The Labute approximate surface area is 144 Å². The third kappa shape index (κ3) is 4.73. The van der Waals surface area contributed by atoms with Crippen molar-refractivity contribution in [3.05, 3.63) is 57.2 Å². The fourth-order valence-corrected chi connectivity index (χ4v) is 2.66. The zero-order valence-electron chi connectivity index (χ0n) is 12.7. The van der Waals surface area contributed by atoms with E-state index in [9.17, 15) is 4.39 Å². The van der Waals surface area contributed by atoms with E-state index in [1.54, 1.807) is 0 Å². The highest BCUT2D eigenvalue weighted by Gasteiger charge is 2.01. The molecule has 0 aliphatic heterocycles. The predicted molar refractivity (Wildman–Crippen MR) is 100 cm³/mol. The van der Waals surface area contributed by atoms with Gasteiger partial charge in [0.25, 0.3) is 0 Å². The smallest absolute Gasteiger partial charge is 0.132 e. The maximum Gasteiger partial charge on any atom is 0.132 e. The number of hydrogen-bond acceptors (Lipinski definition) is 2. The molecule has 4 heteroatoms. The molecule has 22 heavy (non-hydrogen) atoms. The lowest BCUT2D eigenvalue weighted by atomic mass is 10.1. The third-order valence-corrected chi connectivity index (χ3v) is 4.01. The molecule has 0 amide bonds. The third-order valence-electron chi connectivity index (χ3n) is 3.17. The number of alkyl halides is 1. The number of ether oxygens (including phenoxy) is 1. The van der Waals surface area contributed by atoms with Crippen molar-refractivity contribution in [2.24, 2.45) is 0 Å². The summed E-state index contributed by atoms with van der Waals surface area (Å²) in [6.45, 7) is -0.371. The zero-order chi connectivity index (χ0) is 15.9. The molecule has 0 aromatic heterocycles. The van der Waals surface area contributed by atoms with Gasteiger partial charge in [-0.1, -0.05) is 30.4 Å². The Kier molecular flexibility index (Phi) is 6.24. The summed E-state index contributed by atoms with van der Waals surface area (Å²) in [7, 11) is 4.05. The van der Waals surface area contributed by atoms with E-state index in [0.717, 1.165) is 20.4 Å². The van der Waals surface area contributed by atoms with Gasteiger partial charge in [0.1, 0.15) is 19.0 Å². The van der Waals surface area contributed by atoms with Gasteiger partial charge in [0.2, 0.25) is 0 Å². The molecule has 0 saturated carbocycles. The number of benzene rings is 2. The van der Waals surface area contributed by atoms with Crippen molar-refractivity contribution in [2.45, 2.75) is 0 Å². The molecule has 0 N–H and O–H groups in total. The molecule has 0 aliphatic rings. The van der Waals surface area contributed by atoms with Crippen LogP contribution in [0.15, 0.2) is 42.5 Å². The Morgan fingerprint density at radius 2 is 1.68 bits per heavy atom. The Morgan fingerprint density at radius 1 is 1.05 bits per heavy atom. The summed E-state index contributed by atoms with van der Waals surface area (Å²) in [5.74, 6) is 0.728. The first kappa shape index (κ1) is 16.8. The predicted octanol–water partition coefficient (Wildman–Crippen LogP) is 4.88. The lowest BCUT2D eigenvalue weighted by Crippen LogP contribution is -2.07. The van der Waals surface area contributed by atoms with Crippen molar-refractivity contribution < 1.29 is 9.13 Å². The lowest BCUT2D eigenvalue weighted by Gasteiger charge is -2.11. The van der Waals surface area contributed by atoms with Gasteiger partial charge < -0.3 is 9.64 Å². The van der Waals surface area contributed by atoms with Crippen LogP contribution in [-0.4, -0.2) is 27.4 Å². The highest BCUT2D eigenvalue weighted by atomic mass is 127. The van der Waals surface area contributed by atoms with E-state index in [2.05, 4.69) is 63.9 Å². The number of rotatable bonds is 6. The molecule has 0 saturated heterocycles. The summed E-state index contributed by atoms with van der Waals surface area (Å²) in [6, 6.07) is 14.3. The summed E-state index contributed by atoms with van der Waals surface area (Å²) in [6.07, 6.45) is 4.14. The average molecular weight is 411 g/mol. The van der Waals surface area contributed by atoms with Crippen LogP contribution in [0.1, 0.15) is 11.1 Å². The van der Waals surface area contributed by atoms with Crippen LogP contribution in [0.5, 0.6) is 5.75 Å². The van der Waals surface area contributed by atoms with Gasteiger partial charge in [0.05, 0.1) is 3.57 Å². The molecule has 0 heterocycles. The van der Waals surface area contributed by atoms with Crippen LogP contribution >= 0.6 is 22.6 Å². The first-order chi connectivity index (χ1) is 10.6. The van der Waals surface area contributed by atoms with Gasteiger partial charge in [-0.3, -0.25) is 0 Å². The molecule has 2 aromatic rings. The maximum atomic E-state index is 12.1. The molecule has 2 rings (SSSR count). The normalized spacial score (nSPS) is 10.9. The van der Waals surface area contributed by atoms with Gasteiger partial charge >= 0.3 is 0 Å². The fraction of sp³-hybridized carbons (Fsp3) is 0.222. The Balaban J connectivity index is 2.07. The zero-order valence-corrected chi connectivity index (χ0v) is 14.9. The number of nitrogens with zero attached hydrogens (tertiary/aromatic N) is 1. The first-order valence-corrected chi connectivity index (χ1v) is 8.12. The first-order valence-electron chi connectivity index (χ1n) is 7.04. The van der Waals surface area contributed by atoms with E-state index in [1.807, 2.05) is 32.3 Å². The van der Waals surface area contributed by atoms with Crippen molar-refractivity contribution in [1.82, 2.24) is 0 Å². The van der Waals surface area contributed by atoms with E-state index < -0.39 is 6.67 Å². The molecular formula is C18H19FINO. The van der Waals surface area contributed by atoms with Crippen molar-refractivity contribution in [2.75, 3.05) is 32.3 Å². The van der Waals surface area contributed by atoms with E-state index in [4.69, 9.17) is 4.74 Å². The minimum Gasteiger partial charge on any atom is -0.490 e. The van der Waals surface area contributed by atoms with Gasteiger partial charge in [0, 0.05) is 19.8 Å². The van der Waals surface area contributed by atoms with E-state index in [1.165, 1.54) is 5.69 Å². The van der Waals surface area contributed by atoms with Crippen LogP contribution in [-0.2, 0) is 0 Å². The van der Waals surface area contributed by atoms with E-state index >= 15 is 0 Å². The number of halogens is 2. The molecule has 0 unspecified atom stereocenters. The standard InChI is InChI=1S/C18H19FINO/c1-21(2)16-8-5-14(6-9-16)3-4-15-7-10-18(17(20)13-15)22-12-11-19/h3-10,13H,11-12H2,1-2H3/b4-3+. The van der Waals surface area contributed by atoms with Crippen LogP contribution in [0.3, 0.4) is 0 Å². The Morgan fingerprint density at radius 3 is 2.27 bits per heavy atom. The highest BCUT2D eigenvalue weighted by Crippen LogP contribution is 2.23. The van der Waals surface area contributed by atoms with E-state index in [0.29, 0.717) is 0 Å². The SMILES string of the molecule is CN(C)c1ccc(/C=C/c2ccc(OCCF)c(I)c2)cc1. The van der Waals surface area contributed by atoms with Gasteiger partial charge in [-0.2, -0.15) is 0 Å². The quantitative estimate of drug-likeness (QED) is 0.497. The monoisotopic (exact) mass is 411 g/mol. The van der Waals surface area contributed by atoms with Crippen molar-refractivity contribution in [1.29, 1.82) is 0 Å². The minimum atomic E-state index is -0.472. The molecule has 116 valence electrons. The van der Waals surface area contributed by atoms with Crippen LogP contribution < -0.4 is 9.64 Å². The van der Waals surface area contributed by atoms with Crippen LogP contribution in [0.25, 0.3) is 12.2 Å². The van der Waals surface area contributed by atoms with Crippen molar-refractivity contribution in [3.63, 3.8) is 0 Å². The van der Waals surface area contributed by atoms with Gasteiger partial charge in [-0.05, 0) is 58.0 Å². The second kappa shape index (κ2) is 8.17. The molecule has 0 atom stereocenters. The summed E-state index contributed by atoms with van der Waals surface area (Å²) < 4.78 is 18.4. The Hall–Kier alpha value is -1.56. The summed E-state index contributed by atoms with van der Waals surface area (Å²) in [5.41, 5.74) is 3.42. The van der Waals surface area contributed by atoms with Crippen LogP contribution in [0.2, 0.25) is 0 Å².